The summed E-state index contributed by atoms with van der Waals surface area (Å²) in [5, 5.41) is 8.54. The first-order chi connectivity index (χ1) is 22.3. The number of esters is 2. The van der Waals surface area contributed by atoms with Gasteiger partial charge < -0.3 is 19.7 Å². The fourth-order valence-electron chi connectivity index (χ4n) is 6.80. The van der Waals surface area contributed by atoms with Gasteiger partial charge in [0.1, 0.15) is 11.7 Å². The van der Waals surface area contributed by atoms with Crippen molar-refractivity contribution in [1.82, 2.24) is 9.78 Å². The molecule has 0 saturated carbocycles. The molecule has 4 atom stereocenters. The zero-order valence-electron chi connectivity index (χ0n) is 26.7. The van der Waals surface area contributed by atoms with Crippen molar-refractivity contribution in [1.29, 1.82) is 0 Å². The fraction of sp³-hybridized carbons (Fsp3) is 0.297. The van der Waals surface area contributed by atoms with E-state index in [1.165, 1.54) is 0 Å². The van der Waals surface area contributed by atoms with Crippen molar-refractivity contribution < 1.29 is 23.9 Å². The number of fused-ring (bicyclic) bond motifs is 2. The van der Waals surface area contributed by atoms with Crippen LogP contribution in [0.5, 0.6) is 0 Å². The van der Waals surface area contributed by atoms with Gasteiger partial charge in [0.05, 0.1) is 36.6 Å². The average molecular weight is 619 g/mol. The Morgan fingerprint density at radius 1 is 0.804 bits per heavy atom. The van der Waals surface area contributed by atoms with Gasteiger partial charge >= 0.3 is 11.9 Å². The second-order valence-electron chi connectivity index (χ2n) is 11.7. The molecule has 1 N–H and O–H groups in total. The SMILES string of the molecule is CCOC(=O)[C@@H]1C(=O)C2=C(c3c(C)nn(-c4ccccc4)c3N[C@@H]2c2ccc(N(C)C)cc2)[C@H](C(=O)OCC)[C@@H]1c1ccccc1. The first kappa shape index (κ1) is 30.8. The molecular weight excluding hydrogens is 580 g/mol. The van der Waals surface area contributed by atoms with Crippen molar-refractivity contribution in [3.05, 3.63) is 113 Å². The molecule has 0 radical (unpaired) electrons. The molecule has 46 heavy (non-hydrogen) atoms. The molecule has 6 rings (SSSR count). The summed E-state index contributed by atoms with van der Waals surface area (Å²) in [5.41, 5.74) is 5.49. The monoisotopic (exact) mass is 618 g/mol. The van der Waals surface area contributed by atoms with Crippen LogP contribution in [-0.2, 0) is 23.9 Å². The van der Waals surface area contributed by atoms with E-state index in [1.807, 2.05) is 116 Å². The second-order valence-corrected chi connectivity index (χ2v) is 11.7. The second kappa shape index (κ2) is 12.7. The van der Waals surface area contributed by atoms with Gasteiger partial charge in [-0.2, -0.15) is 5.10 Å². The fourth-order valence-corrected chi connectivity index (χ4v) is 6.80. The van der Waals surface area contributed by atoms with Crippen LogP contribution in [0.3, 0.4) is 0 Å². The molecule has 0 unspecified atom stereocenters. The molecule has 9 nitrogen and oxygen atoms in total. The highest BCUT2D eigenvalue weighted by Crippen LogP contribution is 2.55. The number of hydrogen-bond donors (Lipinski definition) is 1. The molecule has 236 valence electrons. The van der Waals surface area contributed by atoms with Crippen molar-refractivity contribution in [3.8, 4) is 5.69 Å². The average Bonchev–Trinajstić information content (AvgIpc) is 3.41. The van der Waals surface area contributed by atoms with Gasteiger partial charge in [-0.05, 0) is 61.7 Å². The Morgan fingerprint density at radius 2 is 1.39 bits per heavy atom. The molecule has 1 aliphatic carbocycles. The summed E-state index contributed by atoms with van der Waals surface area (Å²) < 4.78 is 13.1. The number of anilines is 2. The molecule has 4 aromatic rings. The number of ether oxygens (including phenoxy) is 2. The minimum Gasteiger partial charge on any atom is -0.466 e. The normalized spacial score (nSPS) is 20.3. The summed E-state index contributed by atoms with van der Waals surface area (Å²) in [6.07, 6.45) is 0. The smallest absolute Gasteiger partial charge is 0.317 e. The molecular formula is C37H38N4O5. The third-order valence-corrected chi connectivity index (χ3v) is 8.78. The number of ketones is 1. The van der Waals surface area contributed by atoms with Gasteiger partial charge in [-0.3, -0.25) is 14.4 Å². The number of carbonyl (C=O) groups excluding carboxylic acids is 3. The molecule has 0 fully saturated rings. The predicted octanol–water partition coefficient (Wildman–Crippen LogP) is 5.89. The first-order valence-electron chi connectivity index (χ1n) is 15.6. The summed E-state index contributed by atoms with van der Waals surface area (Å²) >= 11 is 0. The number of Topliss-reactive ketones (excluding diaryl/α,β-unsaturated/α-hetero) is 1. The van der Waals surface area contributed by atoms with Crippen molar-refractivity contribution in [2.24, 2.45) is 11.8 Å². The van der Waals surface area contributed by atoms with Gasteiger partial charge in [0.2, 0.25) is 0 Å². The Morgan fingerprint density at radius 3 is 1.98 bits per heavy atom. The van der Waals surface area contributed by atoms with Crippen LogP contribution < -0.4 is 10.2 Å². The van der Waals surface area contributed by atoms with E-state index in [0.29, 0.717) is 33.8 Å². The van der Waals surface area contributed by atoms with Crippen LogP contribution in [0.4, 0.5) is 11.5 Å². The Kier molecular flexibility index (Phi) is 8.49. The van der Waals surface area contributed by atoms with Gasteiger partial charge in [-0.15, -0.1) is 0 Å². The largest absolute Gasteiger partial charge is 0.466 e. The summed E-state index contributed by atoms with van der Waals surface area (Å²) in [5.74, 6) is -3.98. The van der Waals surface area contributed by atoms with Crippen LogP contribution >= 0.6 is 0 Å². The van der Waals surface area contributed by atoms with Crippen molar-refractivity contribution in [2.45, 2.75) is 32.7 Å². The number of para-hydroxylation sites is 1. The Labute approximate surface area is 268 Å². The number of carbonyl (C=O) groups is 3. The van der Waals surface area contributed by atoms with Gasteiger partial charge in [-0.25, -0.2) is 4.68 Å². The lowest BCUT2D eigenvalue weighted by molar-refractivity contribution is -0.154. The van der Waals surface area contributed by atoms with E-state index in [4.69, 9.17) is 14.6 Å². The quantitative estimate of drug-likeness (QED) is 0.193. The molecule has 0 saturated heterocycles. The number of aromatic nitrogens is 2. The lowest BCUT2D eigenvalue weighted by Crippen LogP contribution is -2.46. The van der Waals surface area contributed by atoms with E-state index in [-0.39, 0.29) is 19.0 Å². The number of aryl methyl sites for hydroxylation is 1. The van der Waals surface area contributed by atoms with Gasteiger partial charge in [0, 0.05) is 36.8 Å². The van der Waals surface area contributed by atoms with Crippen molar-refractivity contribution >= 4 is 34.8 Å². The zero-order valence-corrected chi connectivity index (χ0v) is 26.7. The molecule has 0 spiro atoms. The predicted molar refractivity (Wildman–Crippen MR) is 177 cm³/mol. The van der Waals surface area contributed by atoms with Crippen LogP contribution in [0.15, 0.2) is 90.5 Å². The standard InChI is InChI=1S/C37H38N4O5/c1-6-45-36(43)30-28(23-14-10-8-11-15-23)32(37(44)46-7-2)34(42)31-29(30)27-22(3)39-41(26-16-12-9-13-17-26)35(27)38-33(31)24-18-20-25(21-19-24)40(4)5/h8-21,28,30,32-33,38H,6-7H2,1-5H3/t28-,30+,32-,33+/m0/s1. The maximum absolute atomic E-state index is 15.0. The maximum Gasteiger partial charge on any atom is 0.317 e. The number of benzene rings is 3. The van der Waals surface area contributed by atoms with Crippen molar-refractivity contribution in [2.75, 3.05) is 37.5 Å². The number of nitrogens with one attached hydrogen (secondary N) is 1. The molecule has 9 heteroatoms. The van der Waals surface area contributed by atoms with Crippen LogP contribution in [0.2, 0.25) is 0 Å². The molecule has 1 aliphatic heterocycles. The third-order valence-electron chi connectivity index (χ3n) is 8.78. The summed E-state index contributed by atoms with van der Waals surface area (Å²) in [6.45, 7) is 5.57. The third kappa shape index (κ3) is 5.25. The molecule has 0 amide bonds. The topological polar surface area (TPSA) is 103 Å². The van der Waals surface area contributed by atoms with Crippen LogP contribution in [0.25, 0.3) is 11.3 Å². The first-order valence-corrected chi connectivity index (χ1v) is 15.6. The van der Waals surface area contributed by atoms with Gasteiger partial charge in [0.25, 0.3) is 0 Å². The minimum atomic E-state index is -1.26. The molecule has 0 bridgehead atoms. The van der Waals surface area contributed by atoms with Gasteiger partial charge in [0.15, 0.2) is 5.78 Å². The molecule has 1 aromatic heterocycles. The van der Waals surface area contributed by atoms with E-state index in [1.54, 1.807) is 13.8 Å². The van der Waals surface area contributed by atoms with Crippen LogP contribution in [0, 0.1) is 18.8 Å². The van der Waals surface area contributed by atoms with Gasteiger partial charge in [-0.1, -0.05) is 60.7 Å². The molecule has 2 heterocycles. The molecule has 2 aliphatic rings. The van der Waals surface area contributed by atoms with E-state index >= 15 is 0 Å². The molecule has 3 aromatic carbocycles. The van der Waals surface area contributed by atoms with Crippen LogP contribution in [-0.4, -0.2) is 54.8 Å². The number of nitrogens with zero attached hydrogens (tertiary/aromatic N) is 3. The van der Waals surface area contributed by atoms with Crippen LogP contribution in [0.1, 0.15) is 48.2 Å². The highest BCUT2D eigenvalue weighted by Gasteiger charge is 2.55. The summed E-state index contributed by atoms with van der Waals surface area (Å²) in [4.78, 5) is 45.0. The number of hydrogen-bond acceptors (Lipinski definition) is 8. The Hall–Kier alpha value is -5.18. The maximum atomic E-state index is 15.0. The lowest BCUT2D eigenvalue weighted by Gasteiger charge is -2.42. The summed E-state index contributed by atoms with van der Waals surface area (Å²) in [6, 6.07) is 26.2. The highest BCUT2D eigenvalue weighted by molar-refractivity contribution is 6.19. The van der Waals surface area contributed by atoms with E-state index < -0.39 is 35.7 Å². The lowest BCUT2D eigenvalue weighted by atomic mass is 9.61. The highest BCUT2D eigenvalue weighted by atomic mass is 16.5. The number of rotatable bonds is 8. The van der Waals surface area contributed by atoms with Crippen molar-refractivity contribution in [3.63, 3.8) is 0 Å². The van der Waals surface area contributed by atoms with E-state index in [9.17, 15) is 14.4 Å². The Balaban J connectivity index is 1.69. The minimum absolute atomic E-state index is 0.0981. The Bertz CT molecular complexity index is 1790. The summed E-state index contributed by atoms with van der Waals surface area (Å²) in [7, 11) is 3.93. The van der Waals surface area contributed by atoms with E-state index in [0.717, 1.165) is 16.9 Å². The zero-order chi connectivity index (χ0) is 32.5. The van der Waals surface area contributed by atoms with E-state index in [2.05, 4.69) is 5.32 Å².